The third-order valence-corrected chi connectivity index (χ3v) is 8.73. The number of hydrogen-bond acceptors (Lipinski definition) is 0. The van der Waals surface area contributed by atoms with Crippen LogP contribution in [0.5, 0.6) is 0 Å². The van der Waals surface area contributed by atoms with E-state index >= 15 is 0 Å². The van der Waals surface area contributed by atoms with Crippen molar-refractivity contribution in [2.75, 3.05) is 0 Å². The van der Waals surface area contributed by atoms with Crippen molar-refractivity contribution >= 4 is 0 Å². The predicted molar refractivity (Wildman–Crippen MR) is 148 cm³/mol. The van der Waals surface area contributed by atoms with E-state index in [-0.39, 0.29) is 17.2 Å². The van der Waals surface area contributed by atoms with Gasteiger partial charge in [-0.3, -0.25) is 0 Å². The third-order valence-electron chi connectivity index (χ3n) is 8.73. The number of unbranched alkanes of at least 4 members (excludes halogenated alkanes) is 2. The molecule has 2 aliphatic rings. The zero-order chi connectivity index (χ0) is 24.5. The van der Waals surface area contributed by atoms with E-state index in [2.05, 4.69) is 62.4 Å². The second kappa shape index (κ2) is 12.7. The molecule has 0 unspecified atom stereocenters. The van der Waals surface area contributed by atoms with E-state index in [4.69, 9.17) is 0 Å². The minimum absolute atomic E-state index is 0.0446. The molecule has 0 saturated heterocycles. The average Bonchev–Trinajstić information content (AvgIpc) is 2.90. The molecule has 2 aromatic rings. The summed E-state index contributed by atoms with van der Waals surface area (Å²) in [6, 6.07) is 16.6. The molecule has 0 amide bonds. The minimum atomic E-state index is -0.0987. The Kier molecular flexibility index (Phi) is 9.41. The molecule has 0 heterocycles. The summed E-state index contributed by atoms with van der Waals surface area (Å²) in [5, 5.41) is 0. The summed E-state index contributed by atoms with van der Waals surface area (Å²) in [5.41, 5.74) is 3.80. The number of aryl methyl sites for hydroxylation is 2. The first kappa shape index (κ1) is 25.9. The molecule has 0 nitrogen and oxygen atoms in total. The highest BCUT2D eigenvalue weighted by Gasteiger charge is 2.38. The fourth-order valence-corrected chi connectivity index (χ4v) is 6.49. The van der Waals surface area contributed by atoms with Crippen molar-refractivity contribution in [2.24, 2.45) is 17.3 Å². The van der Waals surface area contributed by atoms with Gasteiger partial charge in [0.1, 0.15) is 5.82 Å². The van der Waals surface area contributed by atoms with Gasteiger partial charge in [0.05, 0.1) is 0 Å². The van der Waals surface area contributed by atoms with Gasteiger partial charge in [0, 0.05) is 11.3 Å². The van der Waals surface area contributed by atoms with Crippen molar-refractivity contribution in [1.29, 1.82) is 0 Å². The molecule has 0 spiro atoms. The number of benzene rings is 2. The monoisotopic (exact) mass is 472 g/mol. The predicted octanol–water partition coefficient (Wildman–Crippen LogP) is 9.99. The van der Waals surface area contributed by atoms with Crippen LogP contribution in [0, 0.1) is 23.1 Å². The van der Waals surface area contributed by atoms with Gasteiger partial charge >= 0.3 is 0 Å². The van der Waals surface area contributed by atoms with Crippen molar-refractivity contribution < 1.29 is 4.39 Å². The van der Waals surface area contributed by atoms with Gasteiger partial charge in [-0.2, -0.15) is 0 Å². The van der Waals surface area contributed by atoms with Crippen LogP contribution >= 0.6 is 0 Å². The van der Waals surface area contributed by atoms with Crippen molar-refractivity contribution in [1.82, 2.24) is 0 Å². The summed E-state index contributed by atoms with van der Waals surface area (Å²) in [7, 11) is 0. The topological polar surface area (TPSA) is 0 Å². The van der Waals surface area contributed by atoms with Crippen LogP contribution in [-0.4, -0.2) is 0 Å². The molecule has 0 aliphatic heterocycles. The average molecular weight is 473 g/mol. The van der Waals surface area contributed by atoms with Crippen LogP contribution in [0.1, 0.15) is 101 Å². The number of allylic oxidation sites excluding steroid dienone is 4. The summed E-state index contributed by atoms with van der Waals surface area (Å²) >= 11 is 0. The van der Waals surface area contributed by atoms with E-state index in [0.717, 1.165) is 24.3 Å². The lowest BCUT2D eigenvalue weighted by molar-refractivity contribution is 0.166. The molecule has 1 saturated carbocycles. The maximum atomic E-state index is 14.5. The Labute approximate surface area is 213 Å². The number of rotatable bonds is 11. The van der Waals surface area contributed by atoms with Gasteiger partial charge in [0.25, 0.3) is 0 Å². The fraction of sp³-hybridized carbons (Fsp3) is 0.529. The van der Waals surface area contributed by atoms with E-state index in [1.165, 1.54) is 75.3 Å². The van der Waals surface area contributed by atoms with Crippen molar-refractivity contribution in [2.45, 2.75) is 96.8 Å². The van der Waals surface area contributed by atoms with Crippen LogP contribution in [0.15, 0.2) is 72.8 Å². The molecule has 188 valence electrons. The van der Waals surface area contributed by atoms with Crippen molar-refractivity contribution in [3.63, 3.8) is 0 Å². The largest absolute Gasteiger partial charge is 0.207 e. The van der Waals surface area contributed by atoms with E-state index in [9.17, 15) is 4.39 Å². The summed E-state index contributed by atoms with van der Waals surface area (Å²) in [6.45, 7) is 4.58. The molecular formula is C34H45F. The molecule has 35 heavy (non-hydrogen) atoms. The standard InChI is InChI=1S/C34H45F/c1-3-5-6-10-28-13-15-29(16-14-28)21-24-34(31-19-17-27(9-4-2)18-20-31)25-22-30(23-26-34)32-11-7-8-12-33(32)35/h7-8,11-16,22-23,25-27,30-31H,3-6,9-10,17-21,24H2,1-2H3. The first-order chi connectivity index (χ1) is 17.1. The Hall–Kier alpha value is -2.15. The molecule has 1 heteroatoms. The van der Waals surface area contributed by atoms with Gasteiger partial charge < -0.3 is 0 Å². The van der Waals surface area contributed by atoms with Crippen LogP contribution in [-0.2, 0) is 12.8 Å². The molecule has 1 fully saturated rings. The second-order valence-electron chi connectivity index (χ2n) is 11.2. The number of hydrogen-bond donors (Lipinski definition) is 0. The normalized spacial score (nSPS) is 26.2. The Balaban J connectivity index is 1.47. The SMILES string of the molecule is CCCCCc1ccc(CCC2(C3CCC(CCC)CC3)C=CC(c3ccccc3F)C=C2)cc1. The van der Waals surface area contributed by atoms with E-state index in [0.29, 0.717) is 5.92 Å². The fourth-order valence-electron chi connectivity index (χ4n) is 6.49. The quantitative estimate of drug-likeness (QED) is 0.225. The van der Waals surface area contributed by atoms with E-state index in [1.54, 1.807) is 12.1 Å². The Morgan fingerprint density at radius 2 is 1.43 bits per heavy atom. The smallest absolute Gasteiger partial charge is 0.127 e. The van der Waals surface area contributed by atoms with Gasteiger partial charge in [-0.25, -0.2) is 4.39 Å². The van der Waals surface area contributed by atoms with Gasteiger partial charge in [-0.15, -0.1) is 0 Å². The lowest BCUT2D eigenvalue weighted by Gasteiger charge is -2.42. The molecule has 0 N–H and O–H groups in total. The highest BCUT2D eigenvalue weighted by molar-refractivity contribution is 5.36. The summed E-state index contributed by atoms with van der Waals surface area (Å²) in [4.78, 5) is 0. The summed E-state index contributed by atoms with van der Waals surface area (Å²) in [6.07, 6.45) is 24.9. The van der Waals surface area contributed by atoms with Crippen LogP contribution in [0.3, 0.4) is 0 Å². The van der Waals surface area contributed by atoms with E-state index < -0.39 is 0 Å². The minimum Gasteiger partial charge on any atom is -0.207 e. The maximum Gasteiger partial charge on any atom is 0.127 e. The van der Waals surface area contributed by atoms with Crippen LogP contribution in [0.4, 0.5) is 4.39 Å². The second-order valence-corrected chi connectivity index (χ2v) is 11.2. The maximum absolute atomic E-state index is 14.5. The first-order valence-electron chi connectivity index (χ1n) is 14.3. The summed E-state index contributed by atoms with van der Waals surface area (Å²) in [5.74, 6) is 1.55. The highest BCUT2D eigenvalue weighted by atomic mass is 19.1. The zero-order valence-electron chi connectivity index (χ0n) is 22.0. The van der Waals surface area contributed by atoms with Crippen LogP contribution < -0.4 is 0 Å². The van der Waals surface area contributed by atoms with Gasteiger partial charge in [0.15, 0.2) is 0 Å². The van der Waals surface area contributed by atoms with E-state index in [1.807, 2.05) is 12.1 Å². The molecule has 4 rings (SSSR count). The molecule has 2 aliphatic carbocycles. The summed E-state index contributed by atoms with van der Waals surface area (Å²) < 4.78 is 14.5. The van der Waals surface area contributed by atoms with Gasteiger partial charge in [-0.05, 0) is 73.1 Å². The molecular weight excluding hydrogens is 427 g/mol. The van der Waals surface area contributed by atoms with Gasteiger partial charge in [0.2, 0.25) is 0 Å². The molecule has 2 aromatic carbocycles. The Morgan fingerprint density at radius 1 is 0.771 bits per heavy atom. The molecule has 0 bridgehead atoms. The highest BCUT2D eigenvalue weighted by Crippen LogP contribution is 2.48. The Morgan fingerprint density at radius 3 is 2.06 bits per heavy atom. The van der Waals surface area contributed by atoms with Crippen molar-refractivity contribution in [3.05, 3.63) is 95.3 Å². The van der Waals surface area contributed by atoms with Crippen molar-refractivity contribution in [3.8, 4) is 0 Å². The molecule has 0 radical (unpaired) electrons. The Bertz CT molecular complexity index is 944. The molecule has 0 aromatic heterocycles. The van der Waals surface area contributed by atoms with Crippen LogP contribution in [0.2, 0.25) is 0 Å². The van der Waals surface area contributed by atoms with Gasteiger partial charge in [-0.1, -0.05) is 119 Å². The lowest BCUT2D eigenvalue weighted by atomic mass is 9.62. The number of halogens is 1. The first-order valence-corrected chi connectivity index (χ1v) is 14.3. The zero-order valence-corrected chi connectivity index (χ0v) is 22.0. The molecule has 0 atom stereocenters. The lowest BCUT2D eigenvalue weighted by Crippen LogP contribution is -2.32. The van der Waals surface area contributed by atoms with Crippen LogP contribution in [0.25, 0.3) is 0 Å². The third kappa shape index (κ3) is 6.75.